The molecule has 1 fully saturated rings. The molecule has 0 bridgehead atoms. The van der Waals surface area contributed by atoms with Gasteiger partial charge in [0, 0.05) is 56.6 Å². The van der Waals surface area contributed by atoms with E-state index in [2.05, 4.69) is 10.00 Å². The van der Waals surface area contributed by atoms with Gasteiger partial charge in [-0.2, -0.15) is 5.10 Å². The van der Waals surface area contributed by atoms with E-state index in [0.717, 1.165) is 0 Å². The van der Waals surface area contributed by atoms with Crippen molar-refractivity contribution in [3.63, 3.8) is 0 Å². The van der Waals surface area contributed by atoms with Gasteiger partial charge in [0.25, 0.3) is 11.6 Å². The molecule has 172 valence electrons. The maximum atomic E-state index is 13.9. The van der Waals surface area contributed by atoms with Gasteiger partial charge in [-0.25, -0.2) is 9.07 Å². The summed E-state index contributed by atoms with van der Waals surface area (Å²) in [5.74, 6) is -0.136. The van der Waals surface area contributed by atoms with Crippen molar-refractivity contribution in [1.82, 2.24) is 19.6 Å². The number of nitro groups is 1. The van der Waals surface area contributed by atoms with Crippen LogP contribution in [0.3, 0.4) is 0 Å². The van der Waals surface area contributed by atoms with Crippen LogP contribution in [0.4, 0.5) is 10.1 Å². The second kappa shape index (κ2) is 9.97. The lowest BCUT2D eigenvalue weighted by Gasteiger charge is -2.34. The second-order valence-corrected chi connectivity index (χ2v) is 7.95. The van der Waals surface area contributed by atoms with Gasteiger partial charge in [-0.05, 0) is 18.2 Å². The number of halogens is 2. The van der Waals surface area contributed by atoms with Gasteiger partial charge in [0.05, 0.1) is 9.95 Å². The van der Waals surface area contributed by atoms with Crippen LogP contribution >= 0.6 is 11.6 Å². The SMILES string of the molecule is O=C(c1ccn(COc2ccc([N+](=O)[O-])cc2Cl)n1)N1CCN(Cc2ccccc2F)CC1. The molecule has 0 atom stereocenters. The third kappa shape index (κ3) is 5.47. The normalized spacial score (nSPS) is 14.3. The van der Waals surface area contributed by atoms with E-state index in [0.29, 0.717) is 38.3 Å². The summed E-state index contributed by atoms with van der Waals surface area (Å²) in [6.45, 7) is 2.82. The molecule has 4 rings (SSSR count). The summed E-state index contributed by atoms with van der Waals surface area (Å²) in [4.78, 5) is 26.9. The van der Waals surface area contributed by atoms with Crippen molar-refractivity contribution in [2.24, 2.45) is 0 Å². The van der Waals surface area contributed by atoms with Crippen LogP contribution in [0.1, 0.15) is 16.1 Å². The molecule has 1 aromatic heterocycles. The lowest BCUT2D eigenvalue weighted by Crippen LogP contribution is -2.48. The van der Waals surface area contributed by atoms with Gasteiger partial charge in [-0.1, -0.05) is 29.8 Å². The number of ether oxygens (including phenoxy) is 1. The van der Waals surface area contributed by atoms with Gasteiger partial charge in [-0.3, -0.25) is 19.8 Å². The minimum Gasteiger partial charge on any atom is -0.470 e. The molecule has 0 spiro atoms. The third-order valence-electron chi connectivity index (χ3n) is 5.35. The van der Waals surface area contributed by atoms with Gasteiger partial charge in [0.2, 0.25) is 0 Å². The van der Waals surface area contributed by atoms with Crippen molar-refractivity contribution in [3.8, 4) is 5.75 Å². The molecule has 11 heteroatoms. The molecule has 0 aliphatic carbocycles. The molecule has 2 heterocycles. The predicted octanol–water partition coefficient (Wildman–Crippen LogP) is 3.58. The number of piperazine rings is 1. The first kappa shape index (κ1) is 22.7. The number of nitro benzene ring substituents is 1. The van der Waals surface area contributed by atoms with E-state index in [1.807, 2.05) is 6.07 Å². The quantitative estimate of drug-likeness (QED) is 0.384. The Labute approximate surface area is 194 Å². The predicted molar refractivity (Wildman–Crippen MR) is 119 cm³/mol. The number of nitrogens with zero attached hydrogens (tertiary/aromatic N) is 5. The van der Waals surface area contributed by atoms with Crippen LogP contribution in [0, 0.1) is 15.9 Å². The van der Waals surface area contributed by atoms with E-state index in [1.165, 1.54) is 28.9 Å². The zero-order chi connectivity index (χ0) is 23.4. The highest BCUT2D eigenvalue weighted by molar-refractivity contribution is 6.32. The lowest BCUT2D eigenvalue weighted by atomic mass is 10.2. The fourth-order valence-corrected chi connectivity index (χ4v) is 3.77. The number of rotatable bonds is 7. The van der Waals surface area contributed by atoms with Crippen LogP contribution in [0.2, 0.25) is 5.02 Å². The summed E-state index contributed by atoms with van der Waals surface area (Å²) in [6.07, 6.45) is 1.61. The van der Waals surface area contributed by atoms with Crippen molar-refractivity contribution >= 4 is 23.2 Å². The second-order valence-electron chi connectivity index (χ2n) is 7.55. The number of hydrogen-bond acceptors (Lipinski definition) is 6. The Morgan fingerprint density at radius 2 is 1.91 bits per heavy atom. The Balaban J connectivity index is 1.29. The number of carbonyl (C=O) groups is 1. The van der Waals surface area contributed by atoms with E-state index in [-0.39, 0.29) is 40.6 Å². The topological polar surface area (TPSA) is 93.7 Å². The standard InChI is InChI=1S/C22H21ClFN5O4/c23-18-13-17(29(31)32)5-6-21(18)33-15-28-8-7-20(25-28)22(30)27-11-9-26(10-12-27)14-16-3-1-2-4-19(16)24/h1-8,13H,9-12,14-15H2. The summed E-state index contributed by atoms with van der Waals surface area (Å²) in [7, 11) is 0. The molecule has 1 aliphatic heterocycles. The van der Waals surface area contributed by atoms with Crippen LogP contribution in [-0.4, -0.2) is 56.6 Å². The molecule has 1 saturated heterocycles. The molecule has 1 aliphatic rings. The lowest BCUT2D eigenvalue weighted by molar-refractivity contribution is -0.384. The van der Waals surface area contributed by atoms with Gasteiger partial charge in [0.15, 0.2) is 12.4 Å². The molecule has 1 amide bonds. The molecule has 0 N–H and O–H groups in total. The minimum absolute atomic E-state index is 0.0127. The van der Waals surface area contributed by atoms with E-state index in [1.54, 1.807) is 29.3 Å². The summed E-state index contributed by atoms with van der Waals surface area (Å²) in [6, 6.07) is 12.2. The van der Waals surface area contributed by atoms with E-state index < -0.39 is 4.92 Å². The Bertz CT molecular complexity index is 1160. The zero-order valence-electron chi connectivity index (χ0n) is 17.6. The van der Waals surface area contributed by atoms with Crippen LogP contribution < -0.4 is 4.74 Å². The van der Waals surface area contributed by atoms with E-state index in [9.17, 15) is 19.3 Å². The van der Waals surface area contributed by atoms with Crippen molar-refractivity contribution in [1.29, 1.82) is 0 Å². The molecule has 3 aromatic rings. The highest BCUT2D eigenvalue weighted by Gasteiger charge is 2.24. The van der Waals surface area contributed by atoms with Crippen LogP contribution in [-0.2, 0) is 13.3 Å². The Kier molecular flexibility index (Phi) is 6.85. The molecular formula is C22H21ClFN5O4. The summed E-state index contributed by atoms with van der Waals surface area (Å²) in [5, 5.41) is 15.2. The highest BCUT2D eigenvalue weighted by atomic mass is 35.5. The first-order chi connectivity index (χ1) is 15.9. The third-order valence-corrected chi connectivity index (χ3v) is 5.65. The summed E-state index contributed by atoms with van der Waals surface area (Å²) in [5.41, 5.74) is 0.799. The van der Waals surface area contributed by atoms with Crippen LogP contribution in [0.25, 0.3) is 0 Å². The fourth-order valence-electron chi connectivity index (χ4n) is 3.54. The first-order valence-electron chi connectivity index (χ1n) is 10.3. The van der Waals surface area contributed by atoms with Crippen molar-refractivity contribution in [2.45, 2.75) is 13.3 Å². The van der Waals surface area contributed by atoms with Crippen molar-refractivity contribution < 1.29 is 18.8 Å². The molecular weight excluding hydrogens is 453 g/mol. The van der Waals surface area contributed by atoms with E-state index >= 15 is 0 Å². The average Bonchev–Trinajstić information content (AvgIpc) is 3.29. The van der Waals surface area contributed by atoms with Gasteiger partial charge >= 0.3 is 0 Å². The molecule has 33 heavy (non-hydrogen) atoms. The van der Waals surface area contributed by atoms with Crippen molar-refractivity contribution in [2.75, 3.05) is 26.2 Å². The van der Waals surface area contributed by atoms with Crippen LogP contribution in [0.15, 0.2) is 54.7 Å². The number of aromatic nitrogens is 2. The maximum absolute atomic E-state index is 13.9. The largest absolute Gasteiger partial charge is 0.470 e. The zero-order valence-corrected chi connectivity index (χ0v) is 18.3. The number of hydrogen-bond donors (Lipinski definition) is 0. The number of benzene rings is 2. The summed E-state index contributed by atoms with van der Waals surface area (Å²) >= 11 is 6.02. The summed E-state index contributed by atoms with van der Waals surface area (Å²) < 4.78 is 20.9. The first-order valence-corrected chi connectivity index (χ1v) is 10.6. The Morgan fingerprint density at radius 1 is 1.15 bits per heavy atom. The van der Waals surface area contributed by atoms with Gasteiger partial charge in [-0.15, -0.1) is 0 Å². The molecule has 0 saturated carbocycles. The van der Waals surface area contributed by atoms with Gasteiger partial charge in [0.1, 0.15) is 11.6 Å². The fraction of sp³-hybridized carbons (Fsp3) is 0.273. The maximum Gasteiger partial charge on any atom is 0.274 e. The molecule has 2 aromatic carbocycles. The van der Waals surface area contributed by atoms with E-state index in [4.69, 9.17) is 16.3 Å². The number of amides is 1. The number of carbonyl (C=O) groups excluding carboxylic acids is 1. The van der Waals surface area contributed by atoms with Crippen molar-refractivity contribution in [3.05, 3.63) is 86.9 Å². The van der Waals surface area contributed by atoms with Crippen LogP contribution in [0.5, 0.6) is 5.75 Å². The van der Waals surface area contributed by atoms with Gasteiger partial charge < -0.3 is 9.64 Å². The smallest absolute Gasteiger partial charge is 0.274 e. The minimum atomic E-state index is -0.541. The highest BCUT2D eigenvalue weighted by Crippen LogP contribution is 2.28. The average molecular weight is 474 g/mol. The molecule has 0 radical (unpaired) electrons. The molecule has 0 unspecified atom stereocenters. The monoisotopic (exact) mass is 473 g/mol. The molecule has 9 nitrogen and oxygen atoms in total. The Morgan fingerprint density at radius 3 is 2.61 bits per heavy atom. The number of non-ortho nitro benzene ring substituents is 1. The Hall–Kier alpha value is -3.50.